The zero-order valence-corrected chi connectivity index (χ0v) is 28.4. The van der Waals surface area contributed by atoms with Crippen LogP contribution in [0.1, 0.15) is 77.6 Å². The number of nitrogens with two attached hydrogens (primary N) is 5. The van der Waals surface area contributed by atoms with E-state index in [-0.39, 0.29) is 18.7 Å². The van der Waals surface area contributed by atoms with E-state index in [1.807, 2.05) is 0 Å². The van der Waals surface area contributed by atoms with Crippen LogP contribution in [0.2, 0.25) is 0 Å². The third-order valence-corrected chi connectivity index (χ3v) is 11.4. The Morgan fingerprint density at radius 1 is 0.638 bits per heavy atom. The standard InChI is InChI=1S/C30H61N5O11S/c1-2-3-4-5-6-7-8-9-10-11-12-47(41,42)15-19-22(36)20(34)25(39)30(44-19)46-28-17(33)13-16(32)27(26(28)40)45-29-21(35)24(38)23(37)18(14-31)43-29/h16-30,36-40H,2-15,31-35H2,1H3/t16-,17+,18-,19-,20+,21-,22-,23-,24-,25-,26-,27+,28-,29-,30-/m0/s1. The number of ether oxygens (including phenoxy) is 4. The monoisotopic (exact) mass is 699 g/mol. The quantitative estimate of drug-likeness (QED) is 0.0638. The SMILES string of the molecule is CCCCCCCCCCCCS(=O)(=O)C[C@@H]1O[C@@H](O[C@@H]2[C@@H](O)[C@H](O[C@@H]3O[C@@H](CN)[C@H](O)[C@@H](O)[C@@H]3N)[C@@H](N)C[C@H]2N)[C@@H](O)[C@H](N)[C@H]1O. The zero-order valence-electron chi connectivity index (χ0n) is 27.5. The minimum absolute atomic E-state index is 0.0774. The fraction of sp³-hybridized carbons (Fsp3) is 1.00. The van der Waals surface area contributed by atoms with Crippen molar-refractivity contribution in [3.8, 4) is 0 Å². The lowest BCUT2D eigenvalue weighted by atomic mass is 9.84. The van der Waals surface area contributed by atoms with Crippen molar-refractivity contribution in [1.29, 1.82) is 0 Å². The molecule has 0 bridgehead atoms. The summed E-state index contributed by atoms with van der Waals surface area (Å²) in [6.45, 7) is 2.05. The molecule has 2 heterocycles. The lowest BCUT2D eigenvalue weighted by Crippen LogP contribution is -2.69. The number of sulfone groups is 1. The van der Waals surface area contributed by atoms with Crippen molar-refractivity contribution >= 4 is 9.84 Å². The molecule has 15 N–H and O–H groups in total. The van der Waals surface area contributed by atoms with Crippen molar-refractivity contribution in [2.24, 2.45) is 28.7 Å². The van der Waals surface area contributed by atoms with Crippen molar-refractivity contribution in [3.05, 3.63) is 0 Å². The number of hydrogen-bond acceptors (Lipinski definition) is 16. The first-order valence-electron chi connectivity index (χ1n) is 17.2. The van der Waals surface area contributed by atoms with E-state index in [0.717, 1.165) is 25.7 Å². The molecule has 47 heavy (non-hydrogen) atoms. The van der Waals surface area contributed by atoms with Crippen LogP contribution >= 0.6 is 0 Å². The number of hydrogen-bond donors (Lipinski definition) is 10. The summed E-state index contributed by atoms with van der Waals surface area (Å²) in [5.74, 6) is -0.611. The van der Waals surface area contributed by atoms with Crippen molar-refractivity contribution in [1.82, 2.24) is 0 Å². The first kappa shape index (κ1) is 40.8. The third-order valence-electron chi connectivity index (χ3n) is 9.61. The predicted octanol–water partition coefficient (Wildman–Crippen LogP) is -2.98. The molecule has 0 aromatic heterocycles. The van der Waals surface area contributed by atoms with Crippen LogP contribution in [0, 0.1) is 0 Å². The first-order chi connectivity index (χ1) is 22.2. The summed E-state index contributed by atoms with van der Waals surface area (Å²) in [6, 6.07) is -4.22. The Kier molecular flexibility index (Phi) is 16.6. The maximum absolute atomic E-state index is 13.0. The van der Waals surface area contributed by atoms with Crippen LogP contribution in [0.25, 0.3) is 0 Å². The summed E-state index contributed by atoms with van der Waals surface area (Å²) < 4.78 is 49.1. The fourth-order valence-corrected chi connectivity index (χ4v) is 8.16. The highest BCUT2D eigenvalue weighted by Gasteiger charge is 2.51. The van der Waals surface area contributed by atoms with E-state index < -0.39 is 107 Å². The lowest BCUT2D eigenvalue weighted by molar-refractivity contribution is -0.314. The van der Waals surface area contributed by atoms with Crippen LogP contribution in [0.5, 0.6) is 0 Å². The van der Waals surface area contributed by atoms with Gasteiger partial charge in [0, 0.05) is 18.6 Å². The Hall–Kier alpha value is -0.610. The molecule has 0 unspecified atom stereocenters. The Morgan fingerprint density at radius 2 is 1.15 bits per heavy atom. The van der Waals surface area contributed by atoms with Gasteiger partial charge in [-0.15, -0.1) is 0 Å². The molecule has 16 nitrogen and oxygen atoms in total. The zero-order chi connectivity index (χ0) is 34.9. The van der Waals surface area contributed by atoms with Crippen LogP contribution in [-0.4, -0.2) is 144 Å². The average molecular weight is 700 g/mol. The van der Waals surface area contributed by atoms with Gasteiger partial charge < -0.3 is 73.1 Å². The van der Waals surface area contributed by atoms with E-state index in [9.17, 15) is 34.0 Å². The van der Waals surface area contributed by atoms with Gasteiger partial charge in [-0.3, -0.25) is 0 Å². The van der Waals surface area contributed by atoms with Crippen molar-refractivity contribution < 1.29 is 52.9 Å². The lowest BCUT2D eigenvalue weighted by Gasteiger charge is -2.48. The second-order valence-electron chi connectivity index (χ2n) is 13.5. The maximum atomic E-state index is 13.0. The van der Waals surface area contributed by atoms with E-state index in [4.69, 9.17) is 47.6 Å². The summed E-state index contributed by atoms with van der Waals surface area (Å²) in [4.78, 5) is 0. The second-order valence-corrected chi connectivity index (χ2v) is 15.7. The Morgan fingerprint density at radius 3 is 1.70 bits per heavy atom. The van der Waals surface area contributed by atoms with Crippen LogP contribution in [0.3, 0.4) is 0 Å². The molecule has 0 amide bonds. The molecule has 3 rings (SSSR count). The molecule has 0 aromatic rings. The molecule has 1 aliphatic carbocycles. The summed E-state index contributed by atoms with van der Waals surface area (Å²) in [5, 5.41) is 53.3. The van der Waals surface area contributed by atoms with Gasteiger partial charge >= 0.3 is 0 Å². The fourth-order valence-electron chi connectivity index (χ4n) is 6.58. The molecule has 0 aromatic carbocycles. The Labute approximate surface area is 278 Å². The highest BCUT2D eigenvalue weighted by molar-refractivity contribution is 7.91. The van der Waals surface area contributed by atoms with Gasteiger partial charge in [0.15, 0.2) is 22.4 Å². The Bertz CT molecular complexity index is 1020. The molecule has 17 heteroatoms. The molecular weight excluding hydrogens is 638 g/mol. The van der Waals surface area contributed by atoms with Crippen molar-refractivity contribution in [3.63, 3.8) is 0 Å². The summed E-state index contributed by atoms with van der Waals surface area (Å²) in [7, 11) is -3.65. The Balaban J connectivity index is 1.56. The second kappa shape index (κ2) is 19.1. The van der Waals surface area contributed by atoms with Gasteiger partial charge in [0.1, 0.15) is 48.8 Å². The van der Waals surface area contributed by atoms with E-state index in [1.54, 1.807) is 0 Å². The first-order valence-corrected chi connectivity index (χ1v) is 19.0. The number of unbranched alkanes of at least 4 members (excludes halogenated alkanes) is 9. The van der Waals surface area contributed by atoms with Crippen molar-refractivity contribution in [2.45, 2.75) is 169 Å². The van der Waals surface area contributed by atoms with E-state index >= 15 is 0 Å². The summed E-state index contributed by atoms with van der Waals surface area (Å²) in [5.41, 5.74) is 30.2. The molecule has 0 radical (unpaired) electrons. The average Bonchev–Trinajstić information content (AvgIpc) is 3.02. The molecule has 15 atom stereocenters. The number of aliphatic hydroxyl groups is 5. The molecule has 3 fully saturated rings. The van der Waals surface area contributed by atoms with Crippen LogP contribution in [-0.2, 0) is 28.8 Å². The van der Waals surface area contributed by atoms with Gasteiger partial charge in [-0.1, -0.05) is 64.7 Å². The highest BCUT2D eigenvalue weighted by Crippen LogP contribution is 2.31. The summed E-state index contributed by atoms with van der Waals surface area (Å²) >= 11 is 0. The van der Waals surface area contributed by atoms with E-state index in [0.29, 0.717) is 6.42 Å². The van der Waals surface area contributed by atoms with E-state index in [2.05, 4.69) is 6.92 Å². The summed E-state index contributed by atoms with van der Waals surface area (Å²) in [6.07, 6.45) is -4.29. The number of aliphatic hydroxyl groups excluding tert-OH is 5. The molecule has 3 aliphatic rings. The van der Waals surface area contributed by atoms with E-state index in [1.165, 1.54) is 32.1 Å². The molecule has 2 aliphatic heterocycles. The maximum Gasteiger partial charge on any atom is 0.186 e. The van der Waals surface area contributed by atoms with Gasteiger partial charge in [-0.25, -0.2) is 8.42 Å². The molecule has 278 valence electrons. The van der Waals surface area contributed by atoms with Crippen LogP contribution in [0.4, 0.5) is 0 Å². The van der Waals surface area contributed by atoms with Gasteiger partial charge in [0.25, 0.3) is 0 Å². The minimum atomic E-state index is -3.65. The molecule has 1 saturated carbocycles. The molecule has 0 spiro atoms. The predicted molar refractivity (Wildman–Crippen MR) is 173 cm³/mol. The topological polar surface area (TPSA) is 302 Å². The number of rotatable bonds is 18. The third kappa shape index (κ3) is 11.2. The van der Waals surface area contributed by atoms with Gasteiger partial charge in [0.2, 0.25) is 0 Å². The largest absolute Gasteiger partial charge is 0.389 e. The van der Waals surface area contributed by atoms with Crippen LogP contribution in [0.15, 0.2) is 0 Å². The molecule has 2 saturated heterocycles. The molecular formula is C30H61N5O11S. The normalized spacial score (nSPS) is 41.6. The highest BCUT2D eigenvalue weighted by atomic mass is 32.2. The van der Waals surface area contributed by atoms with Crippen molar-refractivity contribution in [2.75, 3.05) is 18.1 Å². The smallest absolute Gasteiger partial charge is 0.186 e. The van der Waals surface area contributed by atoms with Crippen LogP contribution < -0.4 is 28.7 Å². The minimum Gasteiger partial charge on any atom is -0.389 e. The van der Waals surface area contributed by atoms with Gasteiger partial charge in [-0.05, 0) is 12.8 Å². The van der Waals surface area contributed by atoms with Gasteiger partial charge in [-0.2, -0.15) is 0 Å². The van der Waals surface area contributed by atoms with Gasteiger partial charge in [0.05, 0.1) is 29.7 Å².